The van der Waals surface area contributed by atoms with Gasteiger partial charge in [0.1, 0.15) is 17.2 Å². The van der Waals surface area contributed by atoms with Crippen LogP contribution >= 0.6 is 22.9 Å². The van der Waals surface area contributed by atoms with Gasteiger partial charge in [0.2, 0.25) is 0 Å². The van der Waals surface area contributed by atoms with Crippen LogP contribution in [0.25, 0.3) is 21.3 Å². The van der Waals surface area contributed by atoms with Crippen LogP contribution in [-0.4, -0.2) is 17.1 Å². The summed E-state index contributed by atoms with van der Waals surface area (Å²) in [5.74, 6) is 0.874. The van der Waals surface area contributed by atoms with Crippen LogP contribution < -0.4 is 4.74 Å². The zero-order chi connectivity index (χ0) is 15.1. The van der Waals surface area contributed by atoms with E-state index in [2.05, 4.69) is 30.7 Å². The Morgan fingerprint density at radius 1 is 1.05 bits per heavy atom. The van der Waals surface area contributed by atoms with E-state index in [9.17, 15) is 0 Å². The van der Waals surface area contributed by atoms with E-state index in [1.54, 1.807) is 18.4 Å². The second kappa shape index (κ2) is 5.28. The van der Waals surface area contributed by atoms with E-state index in [0.717, 1.165) is 21.5 Å². The van der Waals surface area contributed by atoms with Gasteiger partial charge in [0.05, 0.1) is 17.3 Å². The molecule has 0 fully saturated rings. The summed E-state index contributed by atoms with van der Waals surface area (Å²) in [4.78, 5) is 9.72. The van der Waals surface area contributed by atoms with Crippen LogP contribution in [0.4, 0.5) is 0 Å². The predicted molar refractivity (Wildman–Crippen MR) is 88.6 cm³/mol. The molecule has 0 radical (unpaired) electrons. The molecule has 0 saturated carbocycles. The Morgan fingerprint density at radius 3 is 2.33 bits per heavy atom. The molecule has 3 nitrogen and oxygen atoms in total. The van der Waals surface area contributed by atoms with E-state index < -0.39 is 0 Å². The summed E-state index contributed by atoms with van der Waals surface area (Å²) >= 11 is 7.84. The lowest BCUT2D eigenvalue weighted by atomic mass is 9.95. The molecule has 0 atom stereocenters. The van der Waals surface area contributed by atoms with Gasteiger partial charge in [-0.1, -0.05) is 11.6 Å². The average Bonchev–Trinajstić information content (AvgIpc) is 2.77. The number of thiophene rings is 1. The van der Waals surface area contributed by atoms with Crippen LogP contribution in [0.5, 0.6) is 5.75 Å². The zero-order valence-corrected chi connectivity index (χ0v) is 13.9. The first-order chi connectivity index (χ1) is 10.0. The molecule has 2 aromatic heterocycles. The van der Waals surface area contributed by atoms with E-state index in [-0.39, 0.29) is 0 Å². The third-order valence-electron chi connectivity index (χ3n) is 3.60. The Bertz CT molecular complexity index is 819. The summed E-state index contributed by atoms with van der Waals surface area (Å²) in [7, 11) is 1.69. The lowest BCUT2D eigenvalue weighted by Crippen LogP contribution is -1.93. The number of ether oxygens (including phenoxy) is 1. The second-order valence-electron chi connectivity index (χ2n) is 5.01. The highest BCUT2D eigenvalue weighted by atomic mass is 35.5. The van der Waals surface area contributed by atoms with Gasteiger partial charge in [0, 0.05) is 10.4 Å². The quantitative estimate of drug-likeness (QED) is 0.627. The summed E-state index contributed by atoms with van der Waals surface area (Å²) in [5.41, 5.74) is 5.62. The number of methoxy groups -OCH3 is 1. The third kappa shape index (κ3) is 2.28. The van der Waals surface area contributed by atoms with Crippen LogP contribution in [0.3, 0.4) is 0 Å². The summed E-state index contributed by atoms with van der Waals surface area (Å²) in [5, 5.41) is 0.517. The van der Waals surface area contributed by atoms with E-state index >= 15 is 0 Å². The molecule has 3 rings (SSSR count). The van der Waals surface area contributed by atoms with Crippen molar-refractivity contribution in [1.29, 1.82) is 0 Å². The Hall–Kier alpha value is -1.65. The maximum atomic E-state index is 6.20. The molecule has 108 valence electrons. The summed E-state index contributed by atoms with van der Waals surface area (Å²) in [6, 6.07) is 4.10. The molecular formula is C16H15ClN2OS. The summed E-state index contributed by atoms with van der Waals surface area (Å²) < 4.78 is 6.29. The molecular weight excluding hydrogens is 304 g/mol. The molecule has 0 spiro atoms. The van der Waals surface area contributed by atoms with Crippen LogP contribution in [-0.2, 0) is 0 Å². The lowest BCUT2D eigenvalue weighted by Gasteiger charge is -2.12. The highest BCUT2D eigenvalue weighted by Crippen LogP contribution is 2.42. The van der Waals surface area contributed by atoms with Gasteiger partial charge >= 0.3 is 0 Å². The SMILES string of the molecule is COc1cc(C)c(-c2c(C)sc3c(Cl)ncnc23)c(C)c1. The van der Waals surface area contributed by atoms with Gasteiger partial charge in [0.15, 0.2) is 0 Å². The van der Waals surface area contributed by atoms with Gasteiger partial charge in [0.25, 0.3) is 0 Å². The molecule has 0 bridgehead atoms. The van der Waals surface area contributed by atoms with Crippen LogP contribution in [0.1, 0.15) is 16.0 Å². The van der Waals surface area contributed by atoms with E-state index in [4.69, 9.17) is 16.3 Å². The van der Waals surface area contributed by atoms with Crippen molar-refractivity contribution in [3.8, 4) is 16.9 Å². The van der Waals surface area contributed by atoms with E-state index in [1.807, 2.05) is 12.1 Å². The minimum Gasteiger partial charge on any atom is -0.497 e. The van der Waals surface area contributed by atoms with Crippen LogP contribution in [0.2, 0.25) is 5.15 Å². The fraction of sp³-hybridized carbons (Fsp3) is 0.250. The van der Waals surface area contributed by atoms with Crippen molar-refractivity contribution in [1.82, 2.24) is 9.97 Å². The largest absolute Gasteiger partial charge is 0.497 e. The maximum Gasteiger partial charge on any atom is 0.150 e. The number of nitrogens with zero attached hydrogens (tertiary/aromatic N) is 2. The Kier molecular flexibility index (Phi) is 3.59. The molecule has 0 aliphatic rings. The topological polar surface area (TPSA) is 35.0 Å². The van der Waals surface area contributed by atoms with Crippen molar-refractivity contribution in [2.75, 3.05) is 7.11 Å². The first-order valence-electron chi connectivity index (χ1n) is 6.58. The molecule has 0 aliphatic heterocycles. The fourth-order valence-corrected chi connectivity index (χ4v) is 3.97. The van der Waals surface area contributed by atoms with Gasteiger partial charge in [-0.25, -0.2) is 9.97 Å². The normalized spacial score (nSPS) is 11.1. The van der Waals surface area contributed by atoms with Crippen molar-refractivity contribution in [3.05, 3.63) is 39.6 Å². The molecule has 0 aliphatic carbocycles. The number of benzene rings is 1. The molecule has 3 aromatic rings. The van der Waals surface area contributed by atoms with Gasteiger partial charge in [-0.2, -0.15) is 0 Å². The minimum absolute atomic E-state index is 0.517. The number of fused-ring (bicyclic) bond motifs is 1. The maximum absolute atomic E-state index is 6.20. The number of hydrogen-bond acceptors (Lipinski definition) is 4. The first-order valence-corrected chi connectivity index (χ1v) is 7.77. The van der Waals surface area contributed by atoms with Gasteiger partial charge in [-0.05, 0) is 49.6 Å². The molecule has 1 aromatic carbocycles. The molecule has 5 heteroatoms. The second-order valence-corrected chi connectivity index (χ2v) is 6.59. The minimum atomic E-state index is 0.517. The highest BCUT2D eigenvalue weighted by Gasteiger charge is 2.18. The first kappa shape index (κ1) is 14.3. The summed E-state index contributed by atoms with van der Waals surface area (Å²) in [6.45, 7) is 6.29. The highest BCUT2D eigenvalue weighted by molar-refractivity contribution is 7.20. The van der Waals surface area contributed by atoms with Crippen molar-refractivity contribution >= 4 is 33.2 Å². The van der Waals surface area contributed by atoms with Crippen molar-refractivity contribution in [3.63, 3.8) is 0 Å². The lowest BCUT2D eigenvalue weighted by molar-refractivity contribution is 0.414. The Balaban J connectivity index is 2.36. The van der Waals surface area contributed by atoms with Gasteiger partial charge < -0.3 is 4.74 Å². The molecule has 21 heavy (non-hydrogen) atoms. The average molecular weight is 319 g/mol. The molecule has 0 N–H and O–H groups in total. The standard InChI is InChI=1S/C16H15ClN2OS/c1-8-5-11(20-4)6-9(2)12(8)13-10(3)21-15-14(13)18-7-19-16(15)17/h5-7H,1-4H3. The smallest absolute Gasteiger partial charge is 0.150 e. The molecule has 0 saturated heterocycles. The molecule has 0 amide bonds. The molecule has 2 heterocycles. The predicted octanol–water partition coefficient (Wildman–Crippen LogP) is 4.95. The van der Waals surface area contributed by atoms with Crippen molar-refractivity contribution in [2.24, 2.45) is 0 Å². The van der Waals surface area contributed by atoms with E-state index in [0.29, 0.717) is 5.15 Å². The Morgan fingerprint density at radius 2 is 1.71 bits per heavy atom. The number of hydrogen-bond donors (Lipinski definition) is 0. The van der Waals surface area contributed by atoms with E-state index in [1.165, 1.54) is 27.9 Å². The number of aryl methyl sites for hydroxylation is 3. The number of rotatable bonds is 2. The number of aromatic nitrogens is 2. The van der Waals surface area contributed by atoms with Crippen molar-refractivity contribution in [2.45, 2.75) is 20.8 Å². The van der Waals surface area contributed by atoms with Crippen LogP contribution in [0.15, 0.2) is 18.5 Å². The number of halogens is 1. The zero-order valence-electron chi connectivity index (χ0n) is 12.3. The Labute approximate surface area is 132 Å². The summed E-state index contributed by atoms with van der Waals surface area (Å²) in [6.07, 6.45) is 1.52. The third-order valence-corrected chi connectivity index (χ3v) is 5.10. The van der Waals surface area contributed by atoms with Gasteiger partial charge in [-0.15, -0.1) is 11.3 Å². The van der Waals surface area contributed by atoms with Gasteiger partial charge in [-0.3, -0.25) is 0 Å². The monoisotopic (exact) mass is 318 g/mol. The van der Waals surface area contributed by atoms with Crippen LogP contribution in [0, 0.1) is 20.8 Å². The van der Waals surface area contributed by atoms with Crippen molar-refractivity contribution < 1.29 is 4.74 Å². The molecule has 0 unspecified atom stereocenters. The fourth-order valence-electron chi connectivity index (χ4n) is 2.72.